The smallest absolute Gasteiger partial charge is 0.418 e. The molecule has 0 atom stereocenters. The average Bonchev–Trinajstić information content (AvgIpc) is 2.54. The minimum atomic E-state index is -4.65. The number of hydrogen-bond donors (Lipinski definition) is 1. The van der Waals surface area contributed by atoms with E-state index in [2.05, 4.69) is 5.32 Å². The van der Waals surface area contributed by atoms with Crippen LogP contribution in [0.25, 0.3) is 0 Å². The van der Waals surface area contributed by atoms with Crippen LogP contribution in [0, 0.1) is 11.3 Å². The van der Waals surface area contributed by atoms with Crippen LogP contribution in [0.1, 0.15) is 11.1 Å². The number of carbonyl (C=O) groups is 1. The molecule has 0 aliphatic heterocycles. The van der Waals surface area contributed by atoms with Crippen molar-refractivity contribution in [1.29, 1.82) is 5.26 Å². The molecule has 0 aliphatic carbocycles. The Labute approximate surface area is 140 Å². The lowest BCUT2D eigenvalue weighted by atomic mass is 10.1. The van der Waals surface area contributed by atoms with Gasteiger partial charge in [-0.05, 0) is 36.4 Å². The van der Waals surface area contributed by atoms with Gasteiger partial charge in [-0.1, -0.05) is 17.7 Å². The van der Waals surface area contributed by atoms with E-state index in [1.165, 1.54) is 30.3 Å². The summed E-state index contributed by atoms with van der Waals surface area (Å²) in [5.41, 5.74) is -1.14. The fourth-order valence-corrected chi connectivity index (χ4v) is 2.06. The van der Waals surface area contributed by atoms with Crippen LogP contribution >= 0.6 is 11.6 Å². The summed E-state index contributed by atoms with van der Waals surface area (Å²) in [6.07, 6.45) is -4.65. The molecule has 8 heteroatoms. The van der Waals surface area contributed by atoms with E-state index < -0.39 is 29.9 Å². The quantitative estimate of drug-likeness (QED) is 0.892. The van der Waals surface area contributed by atoms with Crippen molar-refractivity contribution in [1.82, 2.24) is 0 Å². The van der Waals surface area contributed by atoms with Crippen molar-refractivity contribution in [3.05, 3.63) is 58.6 Å². The zero-order valence-electron chi connectivity index (χ0n) is 12.0. The number of nitrogens with zero attached hydrogens (tertiary/aromatic N) is 1. The van der Waals surface area contributed by atoms with Crippen LogP contribution in [0.3, 0.4) is 0 Å². The third-order valence-electron chi connectivity index (χ3n) is 2.94. The van der Waals surface area contributed by atoms with Crippen LogP contribution < -0.4 is 10.1 Å². The maximum Gasteiger partial charge on any atom is 0.418 e. The van der Waals surface area contributed by atoms with Crippen LogP contribution in [0.15, 0.2) is 42.5 Å². The van der Waals surface area contributed by atoms with Gasteiger partial charge in [0.05, 0.1) is 27.9 Å². The van der Waals surface area contributed by atoms with Gasteiger partial charge in [0.1, 0.15) is 5.75 Å². The number of rotatable bonds is 4. The summed E-state index contributed by atoms with van der Waals surface area (Å²) in [5.74, 6) is -0.489. The van der Waals surface area contributed by atoms with Gasteiger partial charge < -0.3 is 10.1 Å². The Morgan fingerprint density at radius 3 is 2.46 bits per heavy atom. The molecule has 1 amide bonds. The van der Waals surface area contributed by atoms with Crippen LogP contribution in [0.2, 0.25) is 5.02 Å². The predicted molar refractivity (Wildman–Crippen MR) is 81.7 cm³/mol. The van der Waals surface area contributed by atoms with Crippen LogP contribution in [-0.4, -0.2) is 12.5 Å². The third-order valence-corrected chi connectivity index (χ3v) is 3.25. The first kappa shape index (κ1) is 17.6. The molecule has 2 aromatic rings. The summed E-state index contributed by atoms with van der Waals surface area (Å²) in [6.45, 7) is -0.506. The van der Waals surface area contributed by atoms with Crippen molar-refractivity contribution in [2.24, 2.45) is 0 Å². The highest BCUT2D eigenvalue weighted by molar-refractivity contribution is 6.34. The molecule has 0 aromatic heterocycles. The SMILES string of the molecule is N#Cc1ccc(OCC(=O)Nc2c(Cl)cccc2C(F)(F)F)cc1. The summed E-state index contributed by atoms with van der Waals surface area (Å²) in [6, 6.07) is 11.1. The molecule has 0 saturated carbocycles. The Hall–Kier alpha value is -2.72. The number of benzene rings is 2. The lowest BCUT2D eigenvalue weighted by Gasteiger charge is -2.15. The van der Waals surface area contributed by atoms with Crippen molar-refractivity contribution >= 4 is 23.2 Å². The molecule has 0 unspecified atom stereocenters. The number of anilines is 1. The molecule has 0 bridgehead atoms. The molecular weight excluding hydrogens is 345 g/mol. The normalized spacial score (nSPS) is 10.8. The molecule has 4 nitrogen and oxygen atoms in total. The zero-order valence-corrected chi connectivity index (χ0v) is 12.8. The Morgan fingerprint density at radius 1 is 1.21 bits per heavy atom. The van der Waals surface area contributed by atoms with Gasteiger partial charge >= 0.3 is 6.18 Å². The van der Waals surface area contributed by atoms with E-state index in [4.69, 9.17) is 21.6 Å². The molecular formula is C16H10ClF3N2O2. The van der Waals surface area contributed by atoms with E-state index in [1.807, 2.05) is 6.07 Å². The van der Waals surface area contributed by atoms with Gasteiger partial charge in [-0.2, -0.15) is 18.4 Å². The van der Waals surface area contributed by atoms with E-state index in [-0.39, 0.29) is 5.02 Å². The minimum Gasteiger partial charge on any atom is -0.484 e. The molecule has 24 heavy (non-hydrogen) atoms. The number of para-hydroxylation sites is 1. The lowest BCUT2D eigenvalue weighted by molar-refractivity contribution is -0.137. The first-order valence-electron chi connectivity index (χ1n) is 6.60. The van der Waals surface area contributed by atoms with Crippen LogP contribution in [0.5, 0.6) is 5.75 Å². The average molecular weight is 355 g/mol. The van der Waals surface area contributed by atoms with E-state index in [0.717, 1.165) is 12.1 Å². The van der Waals surface area contributed by atoms with Crippen molar-refractivity contribution in [3.8, 4) is 11.8 Å². The number of halogens is 4. The molecule has 0 heterocycles. The molecule has 2 aromatic carbocycles. The van der Waals surface area contributed by atoms with Gasteiger partial charge in [-0.25, -0.2) is 0 Å². The van der Waals surface area contributed by atoms with Crippen LogP contribution in [0.4, 0.5) is 18.9 Å². The van der Waals surface area contributed by atoms with Gasteiger partial charge in [0, 0.05) is 0 Å². The summed E-state index contributed by atoms with van der Waals surface area (Å²) in [7, 11) is 0. The number of hydrogen-bond acceptors (Lipinski definition) is 3. The highest BCUT2D eigenvalue weighted by atomic mass is 35.5. The van der Waals surface area contributed by atoms with E-state index in [9.17, 15) is 18.0 Å². The summed E-state index contributed by atoms with van der Waals surface area (Å²) in [4.78, 5) is 11.8. The minimum absolute atomic E-state index is 0.225. The van der Waals surface area contributed by atoms with Gasteiger partial charge in [-0.15, -0.1) is 0 Å². The third kappa shape index (κ3) is 4.40. The largest absolute Gasteiger partial charge is 0.484 e. The van der Waals surface area contributed by atoms with Crippen molar-refractivity contribution in [2.45, 2.75) is 6.18 Å². The molecule has 0 saturated heterocycles. The monoisotopic (exact) mass is 354 g/mol. The fraction of sp³-hybridized carbons (Fsp3) is 0.125. The number of alkyl halides is 3. The Balaban J connectivity index is 2.06. The topological polar surface area (TPSA) is 62.1 Å². The molecule has 0 radical (unpaired) electrons. The molecule has 1 N–H and O–H groups in total. The molecule has 0 aliphatic rings. The molecule has 124 valence electrons. The highest BCUT2D eigenvalue weighted by Crippen LogP contribution is 2.38. The van der Waals surface area contributed by atoms with E-state index >= 15 is 0 Å². The van der Waals surface area contributed by atoms with Gasteiger partial charge in [-0.3, -0.25) is 4.79 Å². The van der Waals surface area contributed by atoms with Crippen molar-refractivity contribution in [3.63, 3.8) is 0 Å². The number of amides is 1. The Bertz CT molecular complexity index is 783. The second-order valence-electron chi connectivity index (χ2n) is 4.63. The maximum atomic E-state index is 12.9. The van der Waals surface area contributed by atoms with Crippen molar-refractivity contribution < 1.29 is 22.7 Å². The van der Waals surface area contributed by atoms with Gasteiger partial charge in [0.2, 0.25) is 0 Å². The molecule has 2 rings (SSSR count). The molecule has 0 fully saturated rings. The Morgan fingerprint density at radius 2 is 1.88 bits per heavy atom. The van der Waals surface area contributed by atoms with E-state index in [0.29, 0.717) is 11.3 Å². The second-order valence-corrected chi connectivity index (χ2v) is 5.04. The highest BCUT2D eigenvalue weighted by Gasteiger charge is 2.34. The number of carbonyl (C=O) groups excluding carboxylic acids is 1. The number of nitriles is 1. The van der Waals surface area contributed by atoms with E-state index in [1.54, 1.807) is 0 Å². The number of nitrogens with one attached hydrogen (secondary N) is 1. The summed E-state index contributed by atoms with van der Waals surface area (Å²) in [5, 5.41) is 10.6. The summed E-state index contributed by atoms with van der Waals surface area (Å²) < 4.78 is 44.0. The first-order valence-corrected chi connectivity index (χ1v) is 6.97. The van der Waals surface area contributed by atoms with Gasteiger partial charge in [0.15, 0.2) is 6.61 Å². The first-order chi connectivity index (χ1) is 11.3. The standard InChI is InChI=1S/C16H10ClF3N2O2/c17-13-3-1-2-12(16(18,19)20)15(13)22-14(23)9-24-11-6-4-10(8-21)5-7-11/h1-7H,9H2,(H,22,23). The second kappa shape index (κ2) is 7.23. The molecule has 0 spiro atoms. The number of ether oxygens (including phenoxy) is 1. The van der Waals surface area contributed by atoms with Gasteiger partial charge in [0.25, 0.3) is 5.91 Å². The predicted octanol–water partition coefficient (Wildman–Crippen LogP) is 4.25. The Kier molecular flexibility index (Phi) is 5.31. The summed E-state index contributed by atoms with van der Waals surface area (Å²) >= 11 is 5.74. The maximum absolute atomic E-state index is 12.9. The van der Waals surface area contributed by atoms with Crippen molar-refractivity contribution in [2.75, 3.05) is 11.9 Å². The fourth-order valence-electron chi connectivity index (χ4n) is 1.84. The lowest BCUT2D eigenvalue weighted by Crippen LogP contribution is -2.22. The van der Waals surface area contributed by atoms with Crippen LogP contribution in [-0.2, 0) is 11.0 Å². The zero-order chi connectivity index (χ0) is 17.7.